The van der Waals surface area contributed by atoms with Crippen molar-refractivity contribution in [3.8, 4) is 5.75 Å². The zero-order valence-corrected chi connectivity index (χ0v) is 10.0. The molecule has 0 bridgehead atoms. The van der Waals surface area contributed by atoms with Gasteiger partial charge in [0.15, 0.2) is 5.76 Å². The molecule has 0 fully saturated rings. The Kier molecular flexibility index (Phi) is 3.40. The summed E-state index contributed by atoms with van der Waals surface area (Å²) in [5.41, 5.74) is -0.649. The summed E-state index contributed by atoms with van der Waals surface area (Å²) in [5.74, 6) is -0.601. The highest BCUT2D eigenvalue weighted by Crippen LogP contribution is 2.23. The monoisotopic (exact) mass is 242 g/mol. The first-order valence-electron chi connectivity index (χ1n) is 4.90. The third-order valence-electron chi connectivity index (χ3n) is 1.70. The summed E-state index contributed by atoms with van der Waals surface area (Å²) in [4.78, 5) is 22.2. The van der Waals surface area contributed by atoms with Crippen LogP contribution >= 0.6 is 0 Å². The predicted molar refractivity (Wildman–Crippen MR) is 57.1 cm³/mol. The Morgan fingerprint density at radius 2 is 2.00 bits per heavy atom. The minimum atomic E-state index is -1.53. The van der Waals surface area contributed by atoms with Crippen LogP contribution in [0.5, 0.6) is 5.75 Å². The highest BCUT2D eigenvalue weighted by atomic mass is 16.7. The van der Waals surface area contributed by atoms with E-state index in [0.717, 1.165) is 0 Å². The molecule has 0 saturated carbocycles. The molecule has 1 heterocycles. The maximum atomic E-state index is 11.8. The number of amides is 1. The molecule has 1 aromatic rings. The van der Waals surface area contributed by atoms with Gasteiger partial charge in [0.25, 0.3) is 5.91 Å². The molecule has 1 aromatic heterocycles. The Morgan fingerprint density at radius 1 is 1.41 bits per heavy atom. The molecule has 2 N–H and O–H groups in total. The second-order valence-electron chi connectivity index (χ2n) is 4.49. The Balaban J connectivity index is 2.98. The van der Waals surface area contributed by atoms with E-state index in [4.69, 9.17) is 9.63 Å². The van der Waals surface area contributed by atoms with Crippen molar-refractivity contribution in [2.75, 3.05) is 0 Å². The Labute approximate surface area is 97.7 Å². The van der Waals surface area contributed by atoms with E-state index in [9.17, 15) is 9.59 Å². The molecule has 0 aromatic carbocycles. The van der Waals surface area contributed by atoms with Gasteiger partial charge in [-0.15, -0.1) is 0 Å². The van der Waals surface area contributed by atoms with Gasteiger partial charge in [0.05, 0.1) is 0 Å². The highest BCUT2D eigenvalue weighted by molar-refractivity contribution is 5.96. The summed E-state index contributed by atoms with van der Waals surface area (Å²) in [5, 5.41) is 14.6. The smallest absolute Gasteiger partial charge is 0.449 e. The number of rotatable bonds is 2. The van der Waals surface area contributed by atoms with E-state index in [-0.39, 0.29) is 17.2 Å². The van der Waals surface area contributed by atoms with Crippen LogP contribution in [0.3, 0.4) is 0 Å². The predicted octanol–water partition coefficient (Wildman–Crippen LogP) is 1.57. The SMILES string of the molecule is Cc1onc(C(=O)NC(C)(C)C)c1OC(=O)O. The Morgan fingerprint density at radius 3 is 2.47 bits per heavy atom. The zero-order valence-electron chi connectivity index (χ0n) is 10.0. The summed E-state index contributed by atoms with van der Waals surface area (Å²) in [6.45, 7) is 6.82. The lowest BCUT2D eigenvalue weighted by molar-refractivity contribution is 0.0907. The lowest BCUT2D eigenvalue weighted by Gasteiger charge is -2.19. The van der Waals surface area contributed by atoms with Gasteiger partial charge in [-0.25, -0.2) is 4.79 Å². The van der Waals surface area contributed by atoms with E-state index in [1.807, 2.05) is 0 Å². The van der Waals surface area contributed by atoms with Crippen molar-refractivity contribution in [1.29, 1.82) is 0 Å². The van der Waals surface area contributed by atoms with Gasteiger partial charge in [0.1, 0.15) is 0 Å². The molecule has 1 amide bonds. The van der Waals surface area contributed by atoms with Crippen LogP contribution in [-0.4, -0.2) is 27.9 Å². The quantitative estimate of drug-likeness (QED) is 0.763. The molecule has 0 unspecified atom stereocenters. The fourth-order valence-electron chi connectivity index (χ4n) is 1.12. The second-order valence-corrected chi connectivity index (χ2v) is 4.49. The molecule has 0 spiro atoms. The van der Waals surface area contributed by atoms with Crippen LogP contribution < -0.4 is 10.1 Å². The first-order chi connectivity index (χ1) is 7.70. The van der Waals surface area contributed by atoms with Gasteiger partial charge < -0.3 is 19.7 Å². The van der Waals surface area contributed by atoms with E-state index < -0.39 is 17.6 Å². The van der Waals surface area contributed by atoms with Crippen LogP contribution in [-0.2, 0) is 0 Å². The molecule has 1 rings (SSSR count). The molecule has 94 valence electrons. The van der Waals surface area contributed by atoms with Gasteiger partial charge >= 0.3 is 6.16 Å². The first-order valence-corrected chi connectivity index (χ1v) is 4.90. The van der Waals surface area contributed by atoms with Crippen LogP contribution in [0.1, 0.15) is 37.0 Å². The summed E-state index contributed by atoms with van der Waals surface area (Å²) in [6.07, 6.45) is -1.53. The number of aromatic nitrogens is 1. The molecule has 0 atom stereocenters. The van der Waals surface area contributed by atoms with Gasteiger partial charge in [-0.05, 0) is 20.8 Å². The molecule has 0 saturated heterocycles. The van der Waals surface area contributed by atoms with Gasteiger partial charge in [-0.3, -0.25) is 4.79 Å². The normalized spacial score (nSPS) is 11.1. The largest absolute Gasteiger partial charge is 0.511 e. The fraction of sp³-hybridized carbons (Fsp3) is 0.500. The number of nitrogens with one attached hydrogen (secondary N) is 1. The summed E-state index contributed by atoms with van der Waals surface area (Å²) in [6, 6.07) is 0. The van der Waals surface area contributed by atoms with Gasteiger partial charge in [-0.2, -0.15) is 0 Å². The molecule has 7 heteroatoms. The third kappa shape index (κ3) is 3.47. The van der Waals surface area contributed by atoms with Gasteiger partial charge in [0, 0.05) is 12.5 Å². The number of hydrogen-bond donors (Lipinski definition) is 2. The molecule has 0 aliphatic rings. The van der Waals surface area contributed by atoms with Crippen LogP contribution in [0, 0.1) is 6.92 Å². The number of carbonyl (C=O) groups is 2. The van der Waals surface area contributed by atoms with Crippen molar-refractivity contribution in [3.63, 3.8) is 0 Å². The second kappa shape index (κ2) is 4.44. The lowest BCUT2D eigenvalue weighted by Crippen LogP contribution is -2.40. The van der Waals surface area contributed by atoms with E-state index in [0.29, 0.717) is 0 Å². The number of carbonyl (C=O) groups excluding carboxylic acids is 1. The molecule has 0 aliphatic carbocycles. The van der Waals surface area contributed by atoms with E-state index in [2.05, 4.69) is 15.2 Å². The van der Waals surface area contributed by atoms with Crippen LogP contribution in [0.25, 0.3) is 0 Å². The third-order valence-corrected chi connectivity index (χ3v) is 1.70. The number of hydrogen-bond acceptors (Lipinski definition) is 5. The molecular formula is C10H14N2O5. The van der Waals surface area contributed by atoms with Gasteiger partial charge in [0.2, 0.25) is 11.4 Å². The summed E-state index contributed by atoms with van der Waals surface area (Å²) >= 11 is 0. The van der Waals surface area contributed by atoms with Crippen molar-refractivity contribution < 1.29 is 24.0 Å². The zero-order chi connectivity index (χ0) is 13.2. The molecule has 17 heavy (non-hydrogen) atoms. The fourth-order valence-corrected chi connectivity index (χ4v) is 1.12. The first kappa shape index (κ1) is 13.0. The Bertz CT molecular complexity index is 444. The average molecular weight is 242 g/mol. The number of nitrogens with zero attached hydrogens (tertiary/aromatic N) is 1. The summed E-state index contributed by atoms with van der Waals surface area (Å²) < 4.78 is 9.18. The Hall–Kier alpha value is -2.05. The standard InChI is InChI=1S/C10H14N2O5/c1-5-7(16-9(14)15)6(12-17-5)8(13)11-10(2,3)4/h1-4H3,(H,11,13)(H,14,15). The van der Waals surface area contributed by atoms with E-state index in [1.165, 1.54) is 6.92 Å². The van der Waals surface area contributed by atoms with Crippen LogP contribution in [0.15, 0.2) is 4.52 Å². The summed E-state index contributed by atoms with van der Waals surface area (Å²) in [7, 11) is 0. The number of ether oxygens (including phenoxy) is 1. The van der Waals surface area contributed by atoms with E-state index >= 15 is 0 Å². The van der Waals surface area contributed by atoms with Crippen molar-refractivity contribution in [3.05, 3.63) is 11.5 Å². The minimum Gasteiger partial charge on any atom is -0.449 e. The maximum Gasteiger partial charge on any atom is 0.511 e. The van der Waals surface area contributed by atoms with Crippen molar-refractivity contribution in [2.45, 2.75) is 33.2 Å². The number of carboxylic acid groups (broad SMARTS) is 1. The lowest BCUT2D eigenvalue weighted by atomic mass is 10.1. The minimum absolute atomic E-state index is 0.131. The maximum absolute atomic E-state index is 11.8. The highest BCUT2D eigenvalue weighted by Gasteiger charge is 2.26. The average Bonchev–Trinajstić information content (AvgIpc) is 2.44. The molecule has 0 aliphatic heterocycles. The topological polar surface area (TPSA) is 102 Å². The van der Waals surface area contributed by atoms with Gasteiger partial charge in [-0.1, -0.05) is 5.16 Å². The molecule has 0 radical (unpaired) electrons. The van der Waals surface area contributed by atoms with E-state index in [1.54, 1.807) is 20.8 Å². The van der Waals surface area contributed by atoms with Crippen LogP contribution in [0.2, 0.25) is 0 Å². The van der Waals surface area contributed by atoms with Crippen molar-refractivity contribution >= 4 is 12.1 Å². The van der Waals surface area contributed by atoms with Crippen molar-refractivity contribution in [2.24, 2.45) is 0 Å². The number of aryl methyl sites for hydroxylation is 1. The molecule has 7 nitrogen and oxygen atoms in total. The van der Waals surface area contributed by atoms with Crippen LogP contribution in [0.4, 0.5) is 4.79 Å². The van der Waals surface area contributed by atoms with Crippen molar-refractivity contribution in [1.82, 2.24) is 10.5 Å². The molecular weight excluding hydrogens is 228 g/mol.